The van der Waals surface area contributed by atoms with Gasteiger partial charge in [0.1, 0.15) is 0 Å². The standard InChI is InChI=1S/C32H44O2/c1-6-10-14-26-27(15-11-7-2)29(17-13-9-4)31-22-25-20-24(32(33)34-5)19-18-23(25)21-30(31)28(26)16-12-8-3/h18-22H,6-17H2,1-5H3. The number of carbonyl (C=O) groups is 1. The first-order valence-electron chi connectivity index (χ1n) is 13.7. The summed E-state index contributed by atoms with van der Waals surface area (Å²) in [4.78, 5) is 12.2. The number of methoxy groups -OCH3 is 1. The molecule has 2 nitrogen and oxygen atoms in total. The van der Waals surface area contributed by atoms with Crippen LogP contribution < -0.4 is 0 Å². The van der Waals surface area contributed by atoms with E-state index in [9.17, 15) is 4.79 Å². The quantitative estimate of drug-likeness (QED) is 0.188. The van der Waals surface area contributed by atoms with E-state index >= 15 is 0 Å². The summed E-state index contributed by atoms with van der Waals surface area (Å²) in [6.45, 7) is 9.20. The summed E-state index contributed by atoms with van der Waals surface area (Å²) in [6, 6.07) is 10.8. The Bertz CT molecular complexity index is 1110. The SMILES string of the molecule is CCCCc1c(CCCC)c(CCCC)c2cc3cc(C(=O)OC)ccc3cc2c1CCCC. The van der Waals surface area contributed by atoms with Gasteiger partial charge in [0, 0.05) is 0 Å². The average molecular weight is 461 g/mol. The Kier molecular flexibility index (Phi) is 9.99. The predicted molar refractivity (Wildman–Crippen MR) is 147 cm³/mol. The molecule has 184 valence electrons. The minimum absolute atomic E-state index is 0.268. The van der Waals surface area contributed by atoms with Gasteiger partial charge in [0.05, 0.1) is 12.7 Å². The molecule has 34 heavy (non-hydrogen) atoms. The smallest absolute Gasteiger partial charge is 0.337 e. The molecule has 0 aliphatic heterocycles. The van der Waals surface area contributed by atoms with Gasteiger partial charge >= 0.3 is 5.97 Å². The molecule has 2 heteroatoms. The van der Waals surface area contributed by atoms with Crippen LogP contribution in [-0.2, 0) is 30.4 Å². The first-order valence-corrected chi connectivity index (χ1v) is 13.7. The van der Waals surface area contributed by atoms with Crippen LogP contribution in [0.15, 0.2) is 30.3 Å². The number of rotatable bonds is 13. The van der Waals surface area contributed by atoms with Gasteiger partial charge in [-0.05, 0) is 119 Å². The third kappa shape index (κ3) is 5.82. The van der Waals surface area contributed by atoms with Crippen LogP contribution >= 0.6 is 0 Å². The fraction of sp³-hybridized carbons (Fsp3) is 0.531. The summed E-state index contributed by atoms with van der Waals surface area (Å²) in [7, 11) is 1.45. The van der Waals surface area contributed by atoms with E-state index < -0.39 is 0 Å². The lowest BCUT2D eigenvalue weighted by Gasteiger charge is -2.24. The molecule has 0 radical (unpaired) electrons. The lowest BCUT2D eigenvalue weighted by Crippen LogP contribution is -2.08. The summed E-state index contributed by atoms with van der Waals surface area (Å²) >= 11 is 0. The summed E-state index contributed by atoms with van der Waals surface area (Å²) in [6.07, 6.45) is 14.5. The van der Waals surface area contributed by atoms with Crippen molar-refractivity contribution in [2.75, 3.05) is 7.11 Å². The maximum absolute atomic E-state index is 12.2. The lowest BCUT2D eigenvalue weighted by molar-refractivity contribution is 0.0601. The third-order valence-electron chi connectivity index (χ3n) is 7.26. The Labute approximate surface area is 207 Å². The summed E-state index contributed by atoms with van der Waals surface area (Å²) < 4.78 is 4.99. The van der Waals surface area contributed by atoms with Crippen LogP contribution in [0.4, 0.5) is 0 Å². The molecule has 0 heterocycles. The molecule has 0 bridgehead atoms. The van der Waals surface area contributed by atoms with E-state index in [0.29, 0.717) is 5.56 Å². The molecule has 0 aromatic heterocycles. The number of benzene rings is 3. The van der Waals surface area contributed by atoms with Crippen molar-refractivity contribution in [2.24, 2.45) is 0 Å². The van der Waals surface area contributed by atoms with E-state index in [1.807, 2.05) is 12.1 Å². The normalized spacial score (nSPS) is 11.4. The van der Waals surface area contributed by atoms with Gasteiger partial charge in [0.2, 0.25) is 0 Å². The second-order valence-electron chi connectivity index (χ2n) is 9.78. The van der Waals surface area contributed by atoms with Gasteiger partial charge in [-0.3, -0.25) is 0 Å². The van der Waals surface area contributed by atoms with Gasteiger partial charge in [0.25, 0.3) is 0 Å². The van der Waals surface area contributed by atoms with E-state index in [0.717, 1.165) is 18.2 Å². The molecule has 0 N–H and O–H groups in total. The number of unbranched alkanes of at least 4 members (excludes halogenated alkanes) is 4. The van der Waals surface area contributed by atoms with Crippen molar-refractivity contribution >= 4 is 27.5 Å². The highest BCUT2D eigenvalue weighted by atomic mass is 16.5. The maximum Gasteiger partial charge on any atom is 0.337 e. The Balaban J connectivity index is 2.38. The first-order chi connectivity index (χ1) is 16.6. The molecule has 0 unspecified atom stereocenters. The van der Waals surface area contributed by atoms with Gasteiger partial charge in [0.15, 0.2) is 0 Å². The number of esters is 1. The fourth-order valence-corrected chi connectivity index (χ4v) is 5.32. The second-order valence-corrected chi connectivity index (χ2v) is 9.78. The average Bonchev–Trinajstić information content (AvgIpc) is 2.86. The van der Waals surface area contributed by atoms with Crippen molar-refractivity contribution < 1.29 is 9.53 Å². The molecule has 0 aliphatic carbocycles. The monoisotopic (exact) mass is 460 g/mol. The highest BCUT2D eigenvalue weighted by Crippen LogP contribution is 2.37. The Morgan fingerprint density at radius 1 is 0.618 bits per heavy atom. The molecule has 0 aliphatic rings. The van der Waals surface area contributed by atoms with Crippen molar-refractivity contribution in [2.45, 2.75) is 105 Å². The molecule has 0 amide bonds. The summed E-state index contributed by atoms with van der Waals surface area (Å²) in [5.41, 5.74) is 7.10. The van der Waals surface area contributed by atoms with Crippen LogP contribution in [0.5, 0.6) is 0 Å². The number of aryl methyl sites for hydroxylation is 2. The second kappa shape index (κ2) is 12.9. The van der Waals surface area contributed by atoms with E-state index in [2.05, 4.69) is 45.9 Å². The molecular weight excluding hydrogens is 416 g/mol. The van der Waals surface area contributed by atoms with Crippen LogP contribution in [-0.4, -0.2) is 13.1 Å². The van der Waals surface area contributed by atoms with Crippen LogP contribution in [0.1, 0.15) is 112 Å². The van der Waals surface area contributed by atoms with Crippen molar-refractivity contribution in [3.05, 3.63) is 58.1 Å². The molecule has 0 saturated heterocycles. The Morgan fingerprint density at radius 2 is 1.06 bits per heavy atom. The minimum Gasteiger partial charge on any atom is -0.465 e. The zero-order valence-corrected chi connectivity index (χ0v) is 22.2. The highest BCUT2D eigenvalue weighted by molar-refractivity contribution is 6.04. The van der Waals surface area contributed by atoms with E-state index in [-0.39, 0.29) is 5.97 Å². The van der Waals surface area contributed by atoms with Gasteiger partial charge in [-0.25, -0.2) is 4.79 Å². The molecule has 3 rings (SSSR count). The van der Waals surface area contributed by atoms with Gasteiger partial charge in [-0.15, -0.1) is 0 Å². The van der Waals surface area contributed by atoms with Gasteiger partial charge in [-0.1, -0.05) is 59.4 Å². The van der Waals surface area contributed by atoms with E-state index in [1.165, 1.54) is 87.5 Å². The largest absolute Gasteiger partial charge is 0.465 e. The molecular formula is C32H44O2. The number of hydrogen-bond donors (Lipinski definition) is 0. The molecule has 3 aromatic carbocycles. The third-order valence-corrected chi connectivity index (χ3v) is 7.26. The van der Waals surface area contributed by atoms with Gasteiger partial charge in [-0.2, -0.15) is 0 Å². The maximum atomic E-state index is 12.2. The summed E-state index contributed by atoms with van der Waals surface area (Å²) in [5.74, 6) is -0.268. The highest BCUT2D eigenvalue weighted by Gasteiger charge is 2.19. The number of fused-ring (bicyclic) bond motifs is 2. The van der Waals surface area contributed by atoms with Crippen molar-refractivity contribution in [3.63, 3.8) is 0 Å². The number of ether oxygens (including phenoxy) is 1. The van der Waals surface area contributed by atoms with Crippen molar-refractivity contribution in [3.8, 4) is 0 Å². The van der Waals surface area contributed by atoms with Crippen LogP contribution in [0.3, 0.4) is 0 Å². The molecule has 0 saturated carbocycles. The number of hydrogen-bond acceptors (Lipinski definition) is 2. The van der Waals surface area contributed by atoms with Crippen LogP contribution in [0, 0.1) is 0 Å². The summed E-state index contributed by atoms with van der Waals surface area (Å²) in [5, 5.41) is 5.21. The van der Waals surface area contributed by atoms with Crippen LogP contribution in [0.25, 0.3) is 21.5 Å². The van der Waals surface area contributed by atoms with Gasteiger partial charge < -0.3 is 4.74 Å². The van der Waals surface area contributed by atoms with Crippen molar-refractivity contribution in [1.82, 2.24) is 0 Å². The minimum atomic E-state index is -0.268. The Morgan fingerprint density at radius 3 is 1.50 bits per heavy atom. The van der Waals surface area contributed by atoms with E-state index in [4.69, 9.17) is 4.74 Å². The van der Waals surface area contributed by atoms with Crippen LogP contribution in [0.2, 0.25) is 0 Å². The molecule has 0 spiro atoms. The van der Waals surface area contributed by atoms with E-state index in [1.54, 1.807) is 22.3 Å². The molecule has 0 atom stereocenters. The molecule has 0 fully saturated rings. The zero-order chi connectivity index (χ0) is 24.5. The Hall–Kier alpha value is -2.35. The zero-order valence-electron chi connectivity index (χ0n) is 22.2. The molecule has 3 aromatic rings. The lowest BCUT2D eigenvalue weighted by atomic mass is 9.81. The number of carbonyl (C=O) groups excluding carboxylic acids is 1. The first kappa shape index (κ1) is 26.3. The van der Waals surface area contributed by atoms with Crippen molar-refractivity contribution in [1.29, 1.82) is 0 Å². The fourth-order valence-electron chi connectivity index (χ4n) is 5.32. The topological polar surface area (TPSA) is 26.3 Å². The predicted octanol–water partition coefficient (Wildman–Crippen LogP) is 9.15.